The molecule has 0 aliphatic heterocycles. The Morgan fingerprint density at radius 2 is 1.65 bits per heavy atom. The molecule has 266 valence electrons. The van der Waals surface area contributed by atoms with Gasteiger partial charge in [-0.3, -0.25) is 14.6 Å². The Morgan fingerprint density at radius 1 is 0.878 bits per heavy atom. The molecule has 0 radical (unpaired) electrons. The number of fused-ring (bicyclic) bond motifs is 7. The lowest BCUT2D eigenvalue weighted by Crippen LogP contribution is -2.67. The number of carbonyl (C=O) groups is 2. The third-order valence-corrected chi connectivity index (χ3v) is 16.7. The second-order valence-electron chi connectivity index (χ2n) is 18.8. The molecule has 0 bridgehead atoms. The van der Waals surface area contributed by atoms with Crippen LogP contribution in [0.15, 0.2) is 48.7 Å². The SMILES string of the molecule is CC(C)[C@@H]1CC[C@]2(C(=O)NCCc3ccccn3)CC[C@]3(C)[C@H](CC[C@@H]4[C@@]5(C)CC[C@H](c6ccc(OC=O)cc6)C(C)(C)[C@@H]5CC[C@]43C)[C@@H]12. The Labute approximate surface area is 296 Å². The smallest absolute Gasteiger partial charge is 0.298 e. The standard InChI is InChI=1S/C44H62N2O3/c1-29(2)33-17-23-44(39(48)46-27-20-31-10-8-9-26-45-31)25-24-42(6)35(38(33)44)15-16-37-41(5)21-18-34(30-11-13-32(14-12-30)49-28-47)40(3,4)36(41)19-22-43(37,42)7/h8-14,26,28-29,33-38H,15-25,27H2,1-7H3,(H,46,48)/t33-,34+,35+,36-,37+,38+,41-,42+,43+,44-/m0/s1. The largest absolute Gasteiger partial charge is 0.429 e. The molecule has 0 unspecified atom stereocenters. The van der Waals surface area contributed by atoms with Crippen molar-refractivity contribution in [3.05, 3.63) is 59.9 Å². The normalized spacial score (nSPS) is 40.7. The zero-order chi connectivity index (χ0) is 34.8. The molecule has 7 rings (SSSR count). The third kappa shape index (κ3) is 5.24. The van der Waals surface area contributed by atoms with Crippen molar-refractivity contribution in [2.24, 2.45) is 62.6 Å². The van der Waals surface area contributed by atoms with E-state index in [1.165, 1.54) is 56.9 Å². The van der Waals surface area contributed by atoms with Gasteiger partial charge in [0.25, 0.3) is 6.47 Å². The highest BCUT2D eigenvalue weighted by molar-refractivity contribution is 5.83. The number of rotatable bonds is 8. The summed E-state index contributed by atoms with van der Waals surface area (Å²) in [5, 5.41) is 3.47. The van der Waals surface area contributed by atoms with Gasteiger partial charge in [0, 0.05) is 24.9 Å². The number of hydrogen-bond acceptors (Lipinski definition) is 4. The average Bonchev–Trinajstić information content (AvgIpc) is 3.47. The van der Waals surface area contributed by atoms with Gasteiger partial charge in [-0.1, -0.05) is 66.7 Å². The van der Waals surface area contributed by atoms with Crippen LogP contribution >= 0.6 is 0 Å². The monoisotopic (exact) mass is 666 g/mol. The molecule has 2 aromatic rings. The van der Waals surface area contributed by atoms with E-state index in [4.69, 9.17) is 4.74 Å². The van der Waals surface area contributed by atoms with Crippen LogP contribution in [0.4, 0.5) is 0 Å². The minimum Gasteiger partial charge on any atom is -0.429 e. The molecule has 5 saturated carbocycles. The number of hydrogen-bond donors (Lipinski definition) is 1. The highest BCUT2D eigenvalue weighted by Crippen LogP contribution is 2.78. The Balaban J connectivity index is 1.15. The lowest BCUT2D eigenvalue weighted by atomic mass is 9.31. The van der Waals surface area contributed by atoms with Crippen molar-refractivity contribution in [2.45, 2.75) is 125 Å². The molecule has 10 atom stereocenters. The third-order valence-electron chi connectivity index (χ3n) is 16.7. The summed E-state index contributed by atoms with van der Waals surface area (Å²) < 4.78 is 5.12. The van der Waals surface area contributed by atoms with E-state index < -0.39 is 0 Å². The van der Waals surface area contributed by atoms with E-state index in [-0.39, 0.29) is 21.7 Å². The molecule has 1 aromatic carbocycles. The second kappa shape index (κ2) is 12.5. The van der Waals surface area contributed by atoms with Crippen LogP contribution in [0.1, 0.15) is 130 Å². The molecule has 0 saturated heterocycles. The maximum atomic E-state index is 14.5. The summed E-state index contributed by atoms with van der Waals surface area (Å²) in [6.07, 6.45) is 14.8. The number of aromatic nitrogens is 1. The van der Waals surface area contributed by atoms with E-state index >= 15 is 0 Å². The number of carbonyl (C=O) groups excluding carboxylic acids is 2. The predicted molar refractivity (Wildman–Crippen MR) is 196 cm³/mol. The summed E-state index contributed by atoms with van der Waals surface area (Å²) >= 11 is 0. The van der Waals surface area contributed by atoms with Gasteiger partial charge in [-0.25, -0.2) is 0 Å². The fourth-order valence-electron chi connectivity index (χ4n) is 14.2. The van der Waals surface area contributed by atoms with Crippen molar-refractivity contribution in [2.75, 3.05) is 6.54 Å². The summed E-state index contributed by atoms with van der Waals surface area (Å²) in [5.74, 6) is 5.15. The summed E-state index contributed by atoms with van der Waals surface area (Å²) in [6, 6.07) is 14.4. The molecule has 1 amide bonds. The molecular formula is C44H62N2O3. The van der Waals surface area contributed by atoms with Crippen LogP contribution < -0.4 is 10.1 Å². The predicted octanol–water partition coefficient (Wildman–Crippen LogP) is 9.80. The van der Waals surface area contributed by atoms with E-state index in [1.54, 1.807) is 0 Å². The first-order valence-corrected chi connectivity index (χ1v) is 19.7. The molecule has 5 nitrogen and oxygen atoms in total. The van der Waals surface area contributed by atoms with Gasteiger partial charge in [0.2, 0.25) is 5.91 Å². The van der Waals surface area contributed by atoms with Crippen LogP contribution in [0.2, 0.25) is 0 Å². The van der Waals surface area contributed by atoms with Crippen LogP contribution in [0.25, 0.3) is 0 Å². The fraction of sp³-hybridized carbons (Fsp3) is 0.705. The molecule has 1 heterocycles. The highest BCUT2D eigenvalue weighted by atomic mass is 16.5. The van der Waals surface area contributed by atoms with E-state index in [2.05, 4.69) is 77.0 Å². The molecule has 0 spiro atoms. The molecule has 5 heteroatoms. The average molecular weight is 667 g/mol. The Hall–Kier alpha value is -2.69. The zero-order valence-corrected chi connectivity index (χ0v) is 31.4. The van der Waals surface area contributed by atoms with Gasteiger partial charge in [0.05, 0.1) is 5.41 Å². The van der Waals surface area contributed by atoms with Gasteiger partial charge in [-0.15, -0.1) is 0 Å². The minimum atomic E-state index is -0.222. The zero-order valence-electron chi connectivity index (χ0n) is 31.4. The maximum absolute atomic E-state index is 14.5. The van der Waals surface area contributed by atoms with Gasteiger partial charge < -0.3 is 10.1 Å². The fourth-order valence-corrected chi connectivity index (χ4v) is 14.2. The first-order chi connectivity index (χ1) is 23.3. The molecule has 49 heavy (non-hydrogen) atoms. The number of amides is 1. The summed E-state index contributed by atoms with van der Waals surface area (Å²) in [6.45, 7) is 19.3. The Bertz CT molecular complexity index is 1520. The number of ether oxygens (including phenoxy) is 1. The molecule has 5 aliphatic rings. The van der Waals surface area contributed by atoms with Gasteiger partial charge in [0.1, 0.15) is 5.75 Å². The lowest BCUT2D eigenvalue weighted by Gasteiger charge is -2.73. The van der Waals surface area contributed by atoms with Crippen LogP contribution in [0.3, 0.4) is 0 Å². The van der Waals surface area contributed by atoms with Crippen molar-refractivity contribution >= 4 is 12.4 Å². The van der Waals surface area contributed by atoms with Gasteiger partial charge in [0.15, 0.2) is 0 Å². The maximum Gasteiger partial charge on any atom is 0.298 e. The van der Waals surface area contributed by atoms with Crippen molar-refractivity contribution in [3.63, 3.8) is 0 Å². The van der Waals surface area contributed by atoms with E-state index in [0.717, 1.165) is 25.0 Å². The minimum absolute atomic E-state index is 0.183. The summed E-state index contributed by atoms with van der Waals surface area (Å²) in [7, 11) is 0. The highest BCUT2D eigenvalue weighted by Gasteiger charge is 2.72. The Morgan fingerprint density at radius 3 is 2.35 bits per heavy atom. The molecule has 5 fully saturated rings. The van der Waals surface area contributed by atoms with Gasteiger partial charge >= 0.3 is 0 Å². The molecular weight excluding hydrogens is 604 g/mol. The van der Waals surface area contributed by atoms with Crippen molar-refractivity contribution in [1.29, 1.82) is 0 Å². The van der Waals surface area contributed by atoms with Crippen LogP contribution in [-0.2, 0) is 16.0 Å². The van der Waals surface area contributed by atoms with E-state index in [1.807, 2.05) is 30.5 Å². The van der Waals surface area contributed by atoms with E-state index in [9.17, 15) is 9.59 Å². The topological polar surface area (TPSA) is 68.3 Å². The number of benzene rings is 1. The van der Waals surface area contributed by atoms with Crippen molar-refractivity contribution < 1.29 is 14.3 Å². The quantitative estimate of drug-likeness (QED) is 0.285. The lowest BCUT2D eigenvalue weighted by molar-refractivity contribution is -0.239. The molecule has 1 aromatic heterocycles. The number of nitrogens with zero attached hydrogens (tertiary/aromatic N) is 1. The molecule has 1 N–H and O–H groups in total. The van der Waals surface area contributed by atoms with Crippen molar-refractivity contribution in [3.8, 4) is 5.75 Å². The molecule has 5 aliphatic carbocycles. The van der Waals surface area contributed by atoms with Crippen molar-refractivity contribution in [1.82, 2.24) is 10.3 Å². The van der Waals surface area contributed by atoms with Gasteiger partial charge in [-0.05, 0) is 157 Å². The number of pyridine rings is 1. The second-order valence-corrected chi connectivity index (χ2v) is 18.8. The first kappa shape index (κ1) is 34.7. The van der Waals surface area contributed by atoms with Crippen LogP contribution in [0.5, 0.6) is 5.75 Å². The van der Waals surface area contributed by atoms with Crippen LogP contribution in [-0.4, -0.2) is 23.9 Å². The number of nitrogens with one attached hydrogen (secondary N) is 1. The van der Waals surface area contributed by atoms with Crippen LogP contribution in [0, 0.1) is 62.6 Å². The Kier molecular flexibility index (Phi) is 8.87. The summed E-state index contributed by atoms with van der Waals surface area (Å²) in [5.41, 5.74) is 3.24. The van der Waals surface area contributed by atoms with Gasteiger partial charge in [-0.2, -0.15) is 0 Å². The summed E-state index contributed by atoms with van der Waals surface area (Å²) in [4.78, 5) is 29.9. The van der Waals surface area contributed by atoms with E-state index in [0.29, 0.717) is 71.5 Å². The first-order valence-electron chi connectivity index (χ1n) is 19.7.